The van der Waals surface area contributed by atoms with Gasteiger partial charge >= 0.3 is 0 Å². The number of nitrogens with zero attached hydrogens (tertiary/aromatic N) is 1. The van der Waals surface area contributed by atoms with Crippen LogP contribution in [0.3, 0.4) is 0 Å². The van der Waals surface area contributed by atoms with E-state index in [9.17, 15) is 4.39 Å². The molecule has 5 aromatic rings. The monoisotopic (exact) mass is 436 g/mol. The van der Waals surface area contributed by atoms with Crippen LogP contribution in [0.4, 0.5) is 4.39 Å². The number of hydrogen-bond donors (Lipinski definition) is 3. The van der Waals surface area contributed by atoms with Crippen LogP contribution >= 0.6 is 0 Å². The van der Waals surface area contributed by atoms with E-state index in [-0.39, 0.29) is 5.82 Å². The maximum Gasteiger partial charge on any atom is 0.138 e. The molecule has 5 heteroatoms. The molecule has 0 spiro atoms. The molecule has 164 valence electrons. The van der Waals surface area contributed by atoms with Crippen LogP contribution in [0.5, 0.6) is 0 Å². The lowest BCUT2D eigenvalue weighted by Gasteiger charge is -2.08. The molecule has 0 unspecified atom stereocenters. The van der Waals surface area contributed by atoms with E-state index in [4.69, 9.17) is 5.73 Å². The third kappa shape index (κ3) is 4.85. The zero-order chi connectivity index (χ0) is 22.6. The van der Waals surface area contributed by atoms with Crippen molar-refractivity contribution in [3.63, 3.8) is 0 Å². The van der Waals surface area contributed by atoms with Crippen LogP contribution in [-0.2, 0) is 19.6 Å². The molecule has 5 rings (SSSR count). The summed E-state index contributed by atoms with van der Waals surface area (Å²) in [6.45, 7) is 2.21. The second-order valence-electron chi connectivity index (χ2n) is 8.15. The summed E-state index contributed by atoms with van der Waals surface area (Å²) in [6.07, 6.45) is 0. The molecule has 0 saturated heterocycles. The lowest BCUT2D eigenvalue weighted by atomic mass is 10.0. The Hall–Kier alpha value is -3.80. The van der Waals surface area contributed by atoms with Gasteiger partial charge in [-0.05, 0) is 46.0 Å². The van der Waals surface area contributed by atoms with Gasteiger partial charge in [0.05, 0.1) is 11.0 Å². The highest BCUT2D eigenvalue weighted by Gasteiger charge is 2.07. The number of nitrogens with one attached hydrogen (secondary N) is 2. The quantitative estimate of drug-likeness (QED) is 0.303. The number of nitrogens with two attached hydrogens (primary N) is 1. The summed E-state index contributed by atoms with van der Waals surface area (Å²) in [4.78, 5) is 7.76. The molecule has 0 amide bonds. The smallest absolute Gasteiger partial charge is 0.138 e. The summed E-state index contributed by atoms with van der Waals surface area (Å²) in [5, 5.41) is 3.49. The van der Waals surface area contributed by atoms with Crippen LogP contribution in [0.1, 0.15) is 16.7 Å². The maximum absolute atomic E-state index is 13.4. The Balaban J connectivity index is 1.22. The van der Waals surface area contributed by atoms with Gasteiger partial charge in [-0.25, -0.2) is 9.37 Å². The predicted molar refractivity (Wildman–Crippen MR) is 132 cm³/mol. The molecule has 4 aromatic carbocycles. The maximum atomic E-state index is 13.4. The fraction of sp³-hybridized carbons (Fsp3) is 0.107. The number of aromatic amines is 1. The van der Waals surface area contributed by atoms with Gasteiger partial charge in [0.25, 0.3) is 0 Å². The second-order valence-corrected chi connectivity index (χ2v) is 8.15. The van der Waals surface area contributed by atoms with Gasteiger partial charge in [0.2, 0.25) is 0 Å². The van der Waals surface area contributed by atoms with E-state index in [1.807, 2.05) is 12.1 Å². The van der Waals surface area contributed by atoms with E-state index in [2.05, 4.69) is 75.9 Å². The topological polar surface area (TPSA) is 66.7 Å². The molecule has 0 bridgehead atoms. The molecule has 4 N–H and O–H groups in total. The first kappa shape index (κ1) is 21.1. The number of fused-ring (bicyclic) bond motifs is 1. The number of imidazole rings is 1. The van der Waals surface area contributed by atoms with Crippen molar-refractivity contribution in [2.45, 2.75) is 19.6 Å². The summed E-state index contributed by atoms with van der Waals surface area (Å²) >= 11 is 0. The van der Waals surface area contributed by atoms with E-state index >= 15 is 0 Å². The lowest BCUT2D eigenvalue weighted by molar-refractivity contribution is 0.629. The molecule has 0 saturated carbocycles. The summed E-state index contributed by atoms with van der Waals surface area (Å²) < 4.78 is 13.4. The number of hydrogen-bond acceptors (Lipinski definition) is 3. The van der Waals surface area contributed by atoms with Crippen LogP contribution in [0.2, 0.25) is 0 Å². The third-order valence-corrected chi connectivity index (χ3v) is 5.81. The number of halogens is 1. The fourth-order valence-electron chi connectivity index (χ4n) is 3.90. The molecule has 0 atom stereocenters. The van der Waals surface area contributed by atoms with Crippen molar-refractivity contribution in [3.8, 4) is 22.5 Å². The SMILES string of the molecule is NCc1ccc(CNCc2ccc(-c3ccc(-c4nc5ccc(F)cc5[nH]4)cc3)cc2)cc1. The van der Waals surface area contributed by atoms with E-state index in [0.29, 0.717) is 12.1 Å². The average molecular weight is 437 g/mol. The zero-order valence-corrected chi connectivity index (χ0v) is 18.2. The highest BCUT2D eigenvalue weighted by Crippen LogP contribution is 2.25. The highest BCUT2D eigenvalue weighted by atomic mass is 19.1. The molecule has 0 aliphatic heterocycles. The summed E-state index contributed by atoms with van der Waals surface area (Å²) in [7, 11) is 0. The molecule has 0 fully saturated rings. The summed E-state index contributed by atoms with van der Waals surface area (Å²) in [5.74, 6) is 0.467. The minimum Gasteiger partial charge on any atom is -0.338 e. The van der Waals surface area contributed by atoms with Gasteiger partial charge in [-0.15, -0.1) is 0 Å². The van der Waals surface area contributed by atoms with Crippen molar-refractivity contribution >= 4 is 11.0 Å². The molecular formula is C28H25FN4. The van der Waals surface area contributed by atoms with Crippen LogP contribution in [-0.4, -0.2) is 9.97 Å². The Bertz CT molecular complexity index is 1350. The van der Waals surface area contributed by atoms with Crippen LogP contribution in [0.25, 0.3) is 33.5 Å². The fourth-order valence-corrected chi connectivity index (χ4v) is 3.90. The van der Waals surface area contributed by atoms with Gasteiger partial charge in [-0.3, -0.25) is 0 Å². The number of benzene rings is 4. The van der Waals surface area contributed by atoms with E-state index in [1.54, 1.807) is 6.07 Å². The first-order chi connectivity index (χ1) is 16.2. The lowest BCUT2D eigenvalue weighted by Crippen LogP contribution is -2.12. The highest BCUT2D eigenvalue weighted by molar-refractivity contribution is 5.80. The first-order valence-corrected chi connectivity index (χ1v) is 11.0. The van der Waals surface area contributed by atoms with Crippen LogP contribution < -0.4 is 11.1 Å². The molecule has 0 aliphatic carbocycles. The normalized spacial score (nSPS) is 11.2. The Morgan fingerprint density at radius 1 is 0.697 bits per heavy atom. The molecular weight excluding hydrogens is 411 g/mol. The molecule has 0 radical (unpaired) electrons. The second kappa shape index (κ2) is 9.36. The summed E-state index contributed by atoms with van der Waals surface area (Å²) in [6, 6.07) is 29.8. The van der Waals surface area contributed by atoms with E-state index in [0.717, 1.165) is 46.7 Å². The van der Waals surface area contributed by atoms with Gasteiger partial charge in [0.15, 0.2) is 0 Å². The Morgan fingerprint density at radius 2 is 1.24 bits per heavy atom. The largest absolute Gasteiger partial charge is 0.338 e. The Kier molecular flexibility index (Phi) is 5.98. The minimum absolute atomic E-state index is 0.270. The number of aromatic nitrogens is 2. The molecule has 0 aliphatic rings. The summed E-state index contributed by atoms with van der Waals surface area (Å²) in [5.41, 5.74) is 14.0. The van der Waals surface area contributed by atoms with Gasteiger partial charge in [0.1, 0.15) is 11.6 Å². The number of rotatable bonds is 7. The van der Waals surface area contributed by atoms with E-state index < -0.39 is 0 Å². The molecule has 4 nitrogen and oxygen atoms in total. The number of H-pyrrole nitrogens is 1. The minimum atomic E-state index is -0.270. The van der Waals surface area contributed by atoms with Gasteiger partial charge < -0.3 is 16.0 Å². The van der Waals surface area contributed by atoms with Gasteiger partial charge in [0, 0.05) is 25.2 Å². The molecule has 33 heavy (non-hydrogen) atoms. The zero-order valence-electron chi connectivity index (χ0n) is 18.2. The Morgan fingerprint density at radius 3 is 1.88 bits per heavy atom. The first-order valence-electron chi connectivity index (χ1n) is 11.0. The van der Waals surface area contributed by atoms with Crippen molar-refractivity contribution in [1.82, 2.24) is 15.3 Å². The van der Waals surface area contributed by atoms with Crippen LogP contribution in [0.15, 0.2) is 91.0 Å². The van der Waals surface area contributed by atoms with E-state index in [1.165, 1.54) is 23.3 Å². The van der Waals surface area contributed by atoms with Crippen molar-refractivity contribution in [2.24, 2.45) is 5.73 Å². The van der Waals surface area contributed by atoms with Crippen molar-refractivity contribution in [1.29, 1.82) is 0 Å². The molecule has 1 heterocycles. The molecule has 1 aromatic heterocycles. The van der Waals surface area contributed by atoms with Gasteiger partial charge in [-0.1, -0.05) is 72.8 Å². The van der Waals surface area contributed by atoms with Gasteiger partial charge in [-0.2, -0.15) is 0 Å². The van der Waals surface area contributed by atoms with Crippen molar-refractivity contribution < 1.29 is 4.39 Å². The predicted octanol–water partition coefficient (Wildman–Crippen LogP) is 5.78. The van der Waals surface area contributed by atoms with Crippen LogP contribution in [0, 0.1) is 5.82 Å². The van der Waals surface area contributed by atoms with Crippen molar-refractivity contribution in [3.05, 3.63) is 114 Å². The Labute approximate surface area is 192 Å². The average Bonchev–Trinajstić information content (AvgIpc) is 3.28. The third-order valence-electron chi connectivity index (χ3n) is 5.81. The standard InChI is InChI=1S/C28H25FN4/c29-25-13-14-26-27(15-25)33-28(32-26)24-11-9-23(10-12-24)22-7-5-21(6-8-22)18-31-17-20-3-1-19(16-30)2-4-20/h1-15,31H,16-18,30H2,(H,32,33). The van der Waals surface area contributed by atoms with Crippen molar-refractivity contribution in [2.75, 3.05) is 0 Å².